The monoisotopic (exact) mass is 480 g/mol. The molecule has 182 valence electrons. The highest BCUT2D eigenvalue weighted by Crippen LogP contribution is 2.21. The normalized spacial score (nSPS) is 15.3. The number of carbonyl (C=O) groups is 3. The molecule has 0 spiro atoms. The van der Waals surface area contributed by atoms with Crippen molar-refractivity contribution in [2.45, 2.75) is 25.4 Å². The number of hydrogen-bond donors (Lipinski definition) is 2. The molecule has 4 amide bonds. The van der Waals surface area contributed by atoms with E-state index < -0.39 is 12.1 Å². The van der Waals surface area contributed by atoms with Gasteiger partial charge in [-0.1, -0.05) is 78.9 Å². The number of aromatic amines is 1. The van der Waals surface area contributed by atoms with Gasteiger partial charge in [-0.2, -0.15) is 0 Å². The molecule has 5 rings (SSSR count). The summed E-state index contributed by atoms with van der Waals surface area (Å²) in [4.78, 5) is 45.2. The predicted molar refractivity (Wildman–Crippen MR) is 138 cm³/mol. The number of rotatable bonds is 9. The van der Waals surface area contributed by atoms with E-state index in [9.17, 15) is 14.4 Å². The van der Waals surface area contributed by atoms with Gasteiger partial charge in [-0.3, -0.25) is 14.5 Å². The van der Waals surface area contributed by atoms with Crippen molar-refractivity contribution >= 4 is 28.7 Å². The fourth-order valence-corrected chi connectivity index (χ4v) is 4.63. The molecule has 0 bridgehead atoms. The number of urea groups is 1. The lowest BCUT2D eigenvalue weighted by Crippen LogP contribution is -2.43. The van der Waals surface area contributed by atoms with Crippen molar-refractivity contribution in [3.05, 3.63) is 108 Å². The summed E-state index contributed by atoms with van der Waals surface area (Å²) in [7, 11) is 0. The topological polar surface area (TPSA) is 85.5 Å². The Hall–Kier alpha value is -4.39. The van der Waals surface area contributed by atoms with E-state index in [0.717, 1.165) is 32.5 Å². The van der Waals surface area contributed by atoms with Crippen LogP contribution in [0.5, 0.6) is 0 Å². The molecule has 2 heterocycles. The average Bonchev–Trinajstić information content (AvgIpc) is 3.43. The zero-order chi connectivity index (χ0) is 24.9. The minimum absolute atomic E-state index is 0.258. The van der Waals surface area contributed by atoms with Crippen LogP contribution in [0.25, 0.3) is 10.9 Å². The van der Waals surface area contributed by atoms with Crippen LogP contribution in [-0.2, 0) is 29.0 Å². The van der Waals surface area contributed by atoms with Crippen LogP contribution in [-0.4, -0.2) is 51.8 Å². The third-order valence-corrected chi connectivity index (χ3v) is 6.58. The maximum Gasteiger partial charge on any atom is 0.325 e. The molecule has 0 saturated carbocycles. The first-order chi connectivity index (χ1) is 17.6. The molecule has 1 fully saturated rings. The average molecular weight is 481 g/mol. The van der Waals surface area contributed by atoms with Gasteiger partial charge in [0.25, 0.3) is 5.91 Å². The highest BCUT2D eigenvalue weighted by molar-refractivity contribution is 6.06. The molecular formula is C29H28N4O3. The van der Waals surface area contributed by atoms with E-state index in [2.05, 4.69) is 10.3 Å². The smallest absolute Gasteiger partial charge is 0.325 e. The molecular weight excluding hydrogens is 452 g/mol. The quantitative estimate of drug-likeness (QED) is 0.356. The second-order valence-corrected chi connectivity index (χ2v) is 9.03. The highest BCUT2D eigenvalue weighted by atomic mass is 16.2. The van der Waals surface area contributed by atoms with Crippen LogP contribution >= 0.6 is 0 Å². The van der Waals surface area contributed by atoms with Crippen LogP contribution in [0.2, 0.25) is 0 Å². The fourth-order valence-electron chi connectivity index (χ4n) is 4.63. The van der Waals surface area contributed by atoms with Crippen molar-refractivity contribution in [1.29, 1.82) is 0 Å². The van der Waals surface area contributed by atoms with Crippen molar-refractivity contribution in [3.8, 4) is 0 Å². The van der Waals surface area contributed by atoms with Gasteiger partial charge < -0.3 is 15.2 Å². The molecule has 0 radical (unpaired) electrons. The molecule has 0 aliphatic carbocycles. The minimum atomic E-state index is -0.698. The first-order valence-corrected chi connectivity index (χ1v) is 12.1. The van der Waals surface area contributed by atoms with Crippen molar-refractivity contribution in [2.75, 3.05) is 13.1 Å². The number of hydrogen-bond acceptors (Lipinski definition) is 3. The van der Waals surface area contributed by atoms with E-state index >= 15 is 0 Å². The highest BCUT2D eigenvalue weighted by Gasteiger charge is 2.39. The third-order valence-electron chi connectivity index (χ3n) is 6.58. The lowest BCUT2D eigenvalue weighted by Gasteiger charge is -2.25. The van der Waals surface area contributed by atoms with Gasteiger partial charge in [-0.25, -0.2) is 4.79 Å². The van der Waals surface area contributed by atoms with Gasteiger partial charge in [0.2, 0.25) is 5.91 Å². The molecule has 7 heteroatoms. The van der Waals surface area contributed by atoms with Crippen molar-refractivity contribution < 1.29 is 14.4 Å². The maximum atomic E-state index is 13.4. The lowest BCUT2D eigenvalue weighted by atomic mass is 10.1. The second kappa shape index (κ2) is 10.5. The van der Waals surface area contributed by atoms with E-state index in [1.165, 1.54) is 0 Å². The number of nitrogens with one attached hydrogen (secondary N) is 2. The molecule has 36 heavy (non-hydrogen) atoms. The number of para-hydroxylation sites is 1. The van der Waals surface area contributed by atoms with Crippen molar-refractivity contribution in [3.63, 3.8) is 0 Å². The summed E-state index contributed by atoms with van der Waals surface area (Å²) < 4.78 is 0. The summed E-state index contributed by atoms with van der Waals surface area (Å²) in [6, 6.07) is 26.3. The molecule has 1 aliphatic rings. The van der Waals surface area contributed by atoms with Gasteiger partial charge in [0.05, 0.1) is 0 Å². The molecule has 7 nitrogen and oxygen atoms in total. The summed E-state index contributed by atoms with van der Waals surface area (Å²) in [6.07, 6.45) is 2.91. The Morgan fingerprint density at radius 3 is 2.28 bits per heavy atom. The predicted octanol–water partition coefficient (Wildman–Crippen LogP) is 3.90. The van der Waals surface area contributed by atoms with Gasteiger partial charge >= 0.3 is 6.03 Å². The molecule has 1 unspecified atom stereocenters. The summed E-state index contributed by atoms with van der Waals surface area (Å²) in [5, 5.41) is 3.78. The number of aromatic nitrogens is 1. The van der Waals surface area contributed by atoms with Crippen LogP contribution in [0.1, 0.15) is 16.7 Å². The Morgan fingerprint density at radius 1 is 0.861 bits per heavy atom. The Morgan fingerprint density at radius 2 is 1.53 bits per heavy atom. The Kier molecular flexibility index (Phi) is 6.80. The maximum absolute atomic E-state index is 13.4. The van der Waals surface area contributed by atoms with Crippen molar-refractivity contribution in [1.82, 2.24) is 20.1 Å². The minimum Gasteiger partial charge on any atom is -0.361 e. The molecule has 3 aromatic carbocycles. The van der Waals surface area contributed by atoms with Crippen LogP contribution in [0, 0.1) is 0 Å². The SMILES string of the molecule is O=C(CN1C(=O)NC(Cc2c[nH]c3ccccc23)C1=O)N(CCc1ccccc1)Cc1ccccc1. The third kappa shape index (κ3) is 5.15. The summed E-state index contributed by atoms with van der Waals surface area (Å²) >= 11 is 0. The molecule has 1 aromatic heterocycles. The number of nitrogens with zero attached hydrogens (tertiary/aromatic N) is 2. The molecule has 2 N–H and O–H groups in total. The zero-order valence-electron chi connectivity index (χ0n) is 19.9. The largest absolute Gasteiger partial charge is 0.361 e. The van der Waals surface area contributed by atoms with E-state index in [0.29, 0.717) is 25.9 Å². The molecule has 1 saturated heterocycles. The first kappa shape index (κ1) is 23.4. The second-order valence-electron chi connectivity index (χ2n) is 9.03. The number of benzene rings is 3. The van der Waals surface area contributed by atoms with Gasteiger partial charge in [-0.15, -0.1) is 0 Å². The zero-order valence-corrected chi connectivity index (χ0v) is 19.9. The Balaban J connectivity index is 1.27. The van der Waals surface area contributed by atoms with E-state index in [1.807, 2.05) is 91.1 Å². The van der Waals surface area contributed by atoms with E-state index in [1.54, 1.807) is 4.90 Å². The van der Waals surface area contributed by atoms with Crippen molar-refractivity contribution in [2.24, 2.45) is 0 Å². The van der Waals surface area contributed by atoms with Crippen LogP contribution in [0.4, 0.5) is 4.79 Å². The number of fused-ring (bicyclic) bond motifs is 1. The lowest BCUT2D eigenvalue weighted by molar-refractivity contribution is -0.137. The van der Waals surface area contributed by atoms with Gasteiger partial charge in [-0.05, 0) is 29.2 Å². The van der Waals surface area contributed by atoms with Gasteiger partial charge in [0.1, 0.15) is 12.6 Å². The van der Waals surface area contributed by atoms with Gasteiger partial charge in [0.15, 0.2) is 0 Å². The summed E-state index contributed by atoms with van der Waals surface area (Å²) in [5.41, 5.74) is 4.04. The molecule has 1 atom stereocenters. The van der Waals surface area contributed by atoms with Gasteiger partial charge in [0, 0.05) is 36.6 Å². The number of amides is 4. The summed E-state index contributed by atoms with van der Waals surface area (Å²) in [5.74, 6) is -0.632. The Labute approximate surface area is 209 Å². The van der Waals surface area contributed by atoms with Crippen LogP contribution < -0.4 is 5.32 Å². The van der Waals surface area contributed by atoms with E-state index in [4.69, 9.17) is 0 Å². The number of carbonyl (C=O) groups excluding carboxylic acids is 3. The standard InChI is InChI=1S/C29H28N4O3/c34-27(32(19-22-11-5-2-6-12-22)16-15-21-9-3-1-4-10-21)20-33-28(35)26(31-29(33)36)17-23-18-30-25-14-8-7-13-24(23)25/h1-14,18,26,30H,15-17,19-20H2,(H,31,36). The molecule has 4 aromatic rings. The van der Waals surface area contributed by atoms with Crippen LogP contribution in [0.3, 0.4) is 0 Å². The van der Waals surface area contributed by atoms with E-state index in [-0.39, 0.29) is 18.4 Å². The summed E-state index contributed by atoms with van der Waals surface area (Å²) in [6.45, 7) is 0.617. The number of imide groups is 1. The fraction of sp³-hybridized carbons (Fsp3) is 0.207. The molecule has 1 aliphatic heterocycles. The first-order valence-electron chi connectivity index (χ1n) is 12.1. The van der Waals surface area contributed by atoms with Crippen LogP contribution in [0.15, 0.2) is 91.1 Å². The Bertz CT molecular complexity index is 1370. The number of H-pyrrole nitrogens is 1.